The highest BCUT2D eigenvalue weighted by atomic mass is 16.5. The lowest BCUT2D eigenvalue weighted by molar-refractivity contribution is -0.153. The maximum Gasteiger partial charge on any atom is 0.407 e. The lowest BCUT2D eigenvalue weighted by atomic mass is 10.0. The van der Waals surface area contributed by atoms with Gasteiger partial charge in [-0.3, -0.25) is 10.1 Å². The van der Waals surface area contributed by atoms with Crippen molar-refractivity contribution in [2.24, 2.45) is 5.92 Å². The van der Waals surface area contributed by atoms with Crippen LogP contribution in [-0.4, -0.2) is 61.9 Å². The minimum Gasteiger partial charge on any atom is -0.467 e. The maximum absolute atomic E-state index is 13.3. The molecule has 1 aliphatic heterocycles. The molecule has 0 aromatic heterocycles. The second-order valence-corrected chi connectivity index (χ2v) is 6.76. The second kappa shape index (κ2) is 9.36. The van der Waals surface area contributed by atoms with E-state index in [0.29, 0.717) is 13.0 Å². The standard InChI is InChI=1S/C19H27N3O5/c1-12(2)16(21-19(25)27-4)17(23)22-14(18(24)26-3)11-20-15(22)10-13-8-6-5-7-9-13/h5-9,12,14-16,20H,10-11H2,1-4H3,(H,21,25). The van der Waals surface area contributed by atoms with Gasteiger partial charge in [-0.05, 0) is 11.5 Å². The van der Waals surface area contributed by atoms with E-state index in [4.69, 9.17) is 4.74 Å². The molecule has 1 aliphatic rings. The molecule has 148 valence electrons. The molecular weight excluding hydrogens is 350 g/mol. The Bertz CT molecular complexity index is 665. The quantitative estimate of drug-likeness (QED) is 0.716. The molecule has 2 rings (SSSR count). The number of rotatable bonds is 6. The number of nitrogens with zero attached hydrogens (tertiary/aromatic N) is 1. The smallest absolute Gasteiger partial charge is 0.407 e. The zero-order chi connectivity index (χ0) is 20.0. The number of amides is 2. The summed E-state index contributed by atoms with van der Waals surface area (Å²) in [5.41, 5.74) is 1.03. The number of hydrogen-bond acceptors (Lipinski definition) is 6. The third-order valence-corrected chi connectivity index (χ3v) is 4.61. The summed E-state index contributed by atoms with van der Waals surface area (Å²) in [6, 6.07) is 8.11. The fraction of sp³-hybridized carbons (Fsp3) is 0.526. The van der Waals surface area contributed by atoms with Crippen molar-refractivity contribution in [3.8, 4) is 0 Å². The van der Waals surface area contributed by atoms with Gasteiger partial charge in [-0.2, -0.15) is 0 Å². The molecule has 0 aliphatic carbocycles. The summed E-state index contributed by atoms with van der Waals surface area (Å²) in [5.74, 6) is -1.03. The third kappa shape index (κ3) is 4.97. The van der Waals surface area contributed by atoms with E-state index < -0.39 is 24.1 Å². The van der Waals surface area contributed by atoms with Gasteiger partial charge < -0.3 is 19.7 Å². The number of methoxy groups -OCH3 is 2. The molecule has 3 atom stereocenters. The molecule has 0 saturated carbocycles. The number of nitrogens with one attached hydrogen (secondary N) is 2. The van der Waals surface area contributed by atoms with Gasteiger partial charge in [-0.25, -0.2) is 9.59 Å². The largest absolute Gasteiger partial charge is 0.467 e. The average Bonchev–Trinajstić information content (AvgIpc) is 3.08. The van der Waals surface area contributed by atoms with Crippen molar-refractivity contribution >= 4 is 18.0 Å². The van der Waals surface area contributed by atoms with Gasteiger partial charge in [0.15, 0.2) is 0 Å². The molecule has 1 heterocycles. The van der Waals surface area contributed by atoms with E-state index in [0.717, 1.165) is 5.56 Å². The molecule has 3 unspecified atom stereocenters. The van der Waals surface area contributed by atoms with Crippen molar-refractivity contribution in [2.75, 3.05) is 20.8 Å². The number of carbonyl (C=O) groups excluding carboxylic acids is 3. The Labute approximate surface area is 159 Å². The van der Waals surface area contributed by atoms with Gasteiger partial charge in [0.05, 0.1) is 20.4 Å². The van der Waals surface area contributed by atoms with Crippen molar-refractivity contribution in [1.82, 2.24) is 15.5 Å². The van der Waals surface area contributed by atoms with Crippen molar-refractivity contribution in [3.05, 3.63) is 35.9 Å². The highest BCUT2D eigenvalue weighted by Crippen LogP contribution is 2.20. The van der Waals surface area contributed by atoms with Crippen LogP contribution in [0.5, 0.6) is 0 Å². The molecule has 0 spiro atoms. The summed E-state index contributed by atoms with van der Waals surface area (Å²) in [5, 5.41) is 5.80. The van der Waals surface area contributed by atoms with Gasteiger partial charge in [0.2, 0.25) is 5.91 Å². The van der Waals surface area contributed by atoms with Crippen molar-refractivity contribution < 1.29 is 23.9 Å². The molecule has 1 saturated heterocycles. The lowest BCUT2D eigenvalue weighted by Crippen LogP contribution is -2.57. The van der Waals surface area contributed by atoms with E-state index in [2.05, 4.69) is 15.4 Å². The SMILES string of the molecule is COC(=O)NC(C(=O)N1C(Cc2ccccc2)NCC1C(=O)OC)C(C)C. The number of ether oxygens (including phenoxy) is 2. The van der Waals surface area contributed by atoms with Crippen LogP contribution in [0.3, 0.4) is 0 Å². The first-order valence-corrected chi connectivity index (χ1v) is 8.90. The summed E-state index contributed by atoms with van der Waals surface area (Å²) in [6.45, 7) is 3.93. The number of benzene rings is 1. The van der Waals surface area contributed by atoms with Crippen LogP contribution < -0.4 is 10.6 Å². The molecule has 2 N–H and O–H groups in total. The summed E-state index contributed by atoms with van der Waals surface area (Å²) in [7, 11) is 2.53. The number of esters is 1. The van der Waals surface area contributed by atoms with Gasteiger partial charge in [0.1, 0.15) is 12.1 Å². The maximum atomic E-state index is 13.3. The van der Waals surface area contributed by atoms with Crippen LogP contribution >= 0.6 is 0 Å². The zero-order valence-electron chi connectivity index (χ0n) is 16.1. The molecule has 0 radical (unpaired) electrons. The average molecular weight is 377 g/mol. The van der Waals surface area contributed by atoms with E-state index in [-0.39, 0.29) is 18.0 Å². The van der Waals surface area contributed by atoms with Gasteiger partial charge >= 0.3 is 12.1 Å². The number of alkyl carbamates (subject to hydrolysis) is 1. The molecule has 1 aromatic carbocycles. The summed E-state index contributed by atoms with van der Waals surface area (Å²) in [6.07, 6.45) is -0.545. The van der Waals surface area contributed by atoms with E-state index in [1.807, 2.05) is 44.2 Å². The van der Waals surface area contributed by atoms with Crippen molar-refractivity contribution in [2.45, 2.75) is 38.5 Å². The van der Waals surface area contributed by atoms with Gasteiger partial charge in [0.25, 0.3) is 0 Å². The lowest BCUT2D eigenvalue weighted by Gasteiger charge is -2.33. The molecule has 1 fully saturated rings. The van der Waals surface area contributed by atoms with Gasteiger partial charge in [-0.15, -0.1) is 0 Å². The predicted molar refractivity (Wildman–Crippen MR) is 98.8 cm³/mol. The van der Waals surface area contributed by atoms with Gasteiger partial charge in [-0.1, -0.05) is 44.2 Å². The Morgan fingerprint density at radius 1 is 1.19 bits per heavy atom. The zero-order valence-corrected chi connectivity index (χ0v) is 16.1. The molecule has 0 bridgehead atoms. The molecule has 8 heteroatoms. The van der Waals surface area contributed by atoms with Crippen molar-refractivity contribution in [1.29, 1.82) is 0 Å². The van der Waals surface area contributed by atoms with Crippen LogP contribution in [0.1, 0.15) is 19.4 Å². The Kier molecular flexibility index (Phi) is 7.18. The monoisotopic (exact) mass is 377 g/mol. The number of hydrogen-bond donors (Lipinski definition) is 2. The molecule has 1 aromatic rings. The highest BCUT2D eigenvalue weighted by Gasteiger charge is 2.44. The topological polar surface area (TPSA) is 97.0 Å². The van der Waals surface area contributed by atoms with Crippen LogP contribution in [-0.2, 0) is 25.5 Å². The van der Waals surface area contributed by atoms with E-state index in [9.17, 15) is 14.4 Å². The summed E-state index contributed by atoms with van der Waals surface area (Å²) < 4.78 is 9.50. The first-order valence-electron chi connectivity index (χ1n) is 8.90. The normalized spacial score (nSPS) is 20.3. The number of carbonyl (C=O) groups is 3. The van der Waals surface area contributed by atoms with Crippen molar-refractivity contribution in [3.63, 3.8) is 0 Å². The summed E-state index contributed by atoms with van der Waals surface area (Å²) >= 11 is 0. The fourth-order valence-corrected chi connectivity index (χ4v) is 3.17. The predicted octanol–water partition coefficient (Wildman–Crippen LogP) is 0.909. The Balaban J connectivity index is 2.29. The Hall–Kier alpha value is -2.61. The van der Waals surface area contributed by atoms with E-state index >= 15 is 0 Å². The molecule has 27 heavy (non-hydrogen) atoms. The van der Waals surface area contributed by atoms with Crippen LogP contribution in [0, 0.1) is 5.92 Å². The first-order chi connectivity index (χ1) is 12.9. The minimum atomic E-state index is -0.817. The first kappa shape index (κ1) is 20.7. The second-order valence-electron chi connectivity index (χ2n) is 6.76. The van der Waals surface area contributed by atoms with Crippen LogP contribution in [0.2, 0.25) is 0 Å². The molecular formula is C19H27N3O5. The molecule has 2 amide bonds. The van der Waals surface area contributed by atoms with E-state index in [1.54, 1.807) is 0 Å². The van der Waals surface area contributed by atoms with Crippen LogP contribution in [0.15, 0.2) is 30.3 Å². The Morgan fingerprint density at radius 2 is 1.85 bits per heavy atom. The van der Waals surface area contributed by atoms with Gasteiger partial charge in [0, 0.05) is 13.0 Å². The highest BCUT2D eigenvalue weighted by molar-refractivity contribution is 5.90. The van der Waals surface area contributed by atoms with Crippen LogP contribution in [0.4, 0.5) is 4.79 Å². The van der Waals surface area contributed by atoms with E-state index in [1.165, 1.54) is 19.1 Å². The Morgan fingerprint density at radius 3 is 2.41 bits per heavy atom. The van der Waals surface area contributed by atoms with Crippen LogP contribution in [0.25, 0.3) is 0 Å². The summed E-state index contributed by atoms with van der Waals surface area (Å²) in [4.78, 5) is 38.7. The minimum absolute atomic E-state index is 0.187. The third-order valence-electron chi connectivity index (χ3n) is 4.61. The fourth-order valence-electron chi connectivity index (χ4n) is 3.17. The molecule has 8 nitrogen and oxygen atoms in total.